The van der Waals surface area contributed by atoms with Crippen LogP contribution in [0.2, 0.25) is 0 Å². The molecule has 11 rings (SSSR count). The fourth-order valence-electron chi connectivity index (χ4n) is 9.31. The van der Waals surface area contributed by atoms with Gasteiger partial charge in [-0.1, -0.05) is 177 Å². The topological polar surface area (TPSA) is 9.86 Å². The summed E-state index contributed by atoms with van der Waals surface area (Å²) in [5, 5.41) is 5.06. The third-order valence-corrected chi connectivity index (χ3v) is 12.3. The number of para-hydroxylation sites is 2. The minimum absolute atomic E-state index is 1.15. The van der Waals surface area contributed by atoms with E-state index in [1.807, 2.05) is 0 Å². The minimum atomic E-state index is 1.15. The molecule has 0 N–H and O–H groups in total. The van der Waals surface area contributed by atoms with E-state index in [1.54, 1.807) is 0 Å². The normalized spacial score (nSPS) is 11.6. The molecule has 0 amide bonds. The molecule has 0 aliphatic rings. The van der Waals surface area contributed by atoms with Gasteiger partial charge in [-0.15, -0.1) is 0 Å². The van der Waals surface area contributed by atoms with Crippen molar-refractivity contribution in [2.45, 2.75) is 26.2 Å². The number of aromatic nitrogens is 2. The molecule has 0 saturated heterocycles. The molecule has 2 nitrogen and oxygen atoms in total. The largest absolute Gasteiger partial charge is 0.309 e. The summed E-state index contributed by atoms with van der Waals surface area (Å²) in [6, 6.07) is 78.1. The van der Waals surface area contributed by atoms with Crippen LogP contribution < -0.4 is 0 Å². The molecule has 0 radical (unpaired) electrons. The van der Waals surface area contributed by atoms with Crippen molar-refractivity contribution in [2.24, 2.45) is 0 Å². The van der Waals surface area contributed by atoms with E-state index in [9.17, 15) is 0 Å². The molecule has 2 heteroatoms. The van der Waals surface area contributed by atoms with Crippen molar-refractivity contribution in [3.8, 4) is 55.9 Å². The highest BCUT2D eigenvalue weighted by Crippen LogP contribution is 2.43. The Labute approximate surface area is 351 Å². The van der Waals surface area contributed by atoms with Crippen molar-refractivity contribution in [3.63, 3.8) is 0 Å². The molecule has 0 spiro atoms. The average molecular weight is 769 g/mol. The van der Waals surface area contributed by atoms with Gasteiger partial charge in [-0.2, -0.15) is 0 Å². The first-order valence-corrected chi connectivity index (χ1v) is 21.2. The van der Waals surface area contributed by atoms with Gasteiger partial charge in [0, 0.05) is 32.9 Å². The van der Waals surface area contributed by atoms with Crippen LogP contribution >= 0.6 is 0 Å². The van der Waals surface area contributed by atoms with Crippen LogP contribution in [0.5, 0.6) is 0 Å². The Morgan fingerprint density at radius 3 is 1.17 bits per heavy atom. The number of hydrogen-bond acceptors (Lipinski definition) is 0. The predicted octanol–water partition coefficient (Wildman–Crippen LogP) is 15.9. The monoisotopic (exact) mass is 768 g/mol. The van der Waals surface area contributed by atoms with Crippen molar-refractivity contribution in [2.75, 3.05) is 0 Å². The van der Waals surface area contributed by atoms with Crippen molar-refractivity contribution >= 4 is 43.6 Å². The zero-order valence-electron chi connectivity index (χ0n) is 33.7. The van der Waals surface area contributed by atoms with Gasteiger partial charge in [0.25, 0.3) is 0 Å². The van der Waals surface area contributed by atoms with E-state index >= 15 is 0 Å². The first kappa shape index (κ1) is 35.7. The first-order valence-electron chi connectivity index (χ1n) is 21.2. The van der Waals surface area contributed by atoms with Crippen molar-refractivity contribution in [3.05, 3.63) is 218 Å². The van der Waals surface area contributed by atoms with Crippen molar-refractivity contribution < 1.29 is 0 Å². The summed E-state index contributed by atoms with van der Waals surface area (Å²) in [5.74, 6) is 0. The number of benzene rings is 9. The van der Waals surface area contributed by atoms with Gasteiger partial charge in [0.15, 0.2) is 0 Å². The molecular formula is C58H44N2. The zero-order valence-corrected chi connectivity index (χ0v) is 33.7. The van der Waals surface area contributed by atoms with Crippen molar-refractivity contribution in [1.82, 2.24) is 9.13 Å². The number of nitrogens with zero attached hydrogens (tertiary/aromatic N) is 2. The van der Waals surface area contributed by atoms with Crippen molar-refractivity contribution in [1.29, 1.82) is 0 Å². The Bertz CT molecular complexity index is 3310. The number of hydrogen-bond donors (Lipinski definition) is 0. The number of unbranched alkanes of at least 4 members (excludes halogenated alkanes) is 1. The van der Waals surface area contributed by atoms with Gasteiger partial charge in [-0.25, -0.2) is 0 Å². The Hall–Kier alpha value is -7.42. The molecule has 0 aliphatic carbocycles. The molecule has 60 heavy (non-hydrogen) atoms. The molecule has 9 aromatic carbocycles. The highest BCUT2D eigenvalue weighted by atomic mass is 15.0. The van der Waals surface area contributed by atoms with Gasteiger partial charge in [0.05, 0.1) is 22.1 Å². The lowest BCUT2D eigenvalue weighted by Gasteiger charge is -2.12. The van der Waals surface area contributed by atoms with Crippen LogP contribution in [-0.4, -0.2) is 9.13 Å². The quantitative estimate of drug-likeness (QED) is 0.138. The van der Waals surface area contributed by atoms with E-state index in [0.29, 0.717) is 0 Å². The van der Waals surface area contributed by atoms with Gasteiger partial charge in [-0.3, -0.25) is 0 Å². The van der Waals surface area contributed by atoms with Crippen LogP contribution in [0.1, 0.15) is 25.3 Å². The maximum Gasteiger partial charge on any atom is 0.0548 e. The van der Waals surface area contributed by atoms with Gasteiger partial charge >= 0.3 is 0 Å². The highest BCUT2D eigenvalue weighted by Gasteiger charge is 2.21. The van der Waals surface area contributed by atoms with E-state index in [1.165, 1.54) is 107 Å². The molecular weight excluding hydrogens is 725 g/mol. The summed E-state index contributed by atoms with van der Waals surface area (Å²) in [5.41, 5.74) is 18.3. The van der Waals surface area contributed by atoms with Gasteiger partial charge in [0.1, 0.15) is 0 Å². The molecule has 2 heterocycles. The standard InChI is InChI=1S/C58H44N2/c1-2-3-13-40-24-26-42(27-25-40)44-30-34-46(35-31-44)48-17-12-19-50(39-48)60-54-23-10-8-21-52(54)58-56(60)37-36-55-57(58)51-20-7-9-22-53(51)59(55)49-18-11-16-47(38-49)45-32-28-43(29-33-45)41-14-5-4-6-15-41/h4-12,14-39H,2-3,13H2,1H3. The summed E-state index contributed by atoms with van der Waals surface area (Å²) >= 11 is 0. The Balaban J connectivity index is 1.01. The van der Waals surface area contributed by atoms with E-state index < -0.39 is 0 Å². The third-order valence-electron chi connectivity index (χ3n) is 12.3. The van der Waals surface area contributed by atoms with Crippen LogP contribution in [0.4, 0.5) is 0 Å². The van der Waals surface area contributed by atoms with Crippen LogP contribution in [0.15, 0.2) is 212 Å². The summed E-state index contributed by atoms with van der Waals surface area (Å²) in [6.07, 6.45) is 3.60. The predicted molar refractivity (Wildman–Crippen MR) is 255 cm³/mol. The zero-order chi connectivity index (χ0) is 40.0. The van der Waals surface area contributed by atoms with E-state index in [4.69, 9.17) is 0 Å². The number of aryl methyl sites for hydroxylation is 1. The maximum absolute atomic E-state index is 2.45. The summed E-state index contributed by atoms with van der Waals surface area (Å²) in [6.45, 7) is 2.25. The lowest BCUT2D eigenvalue weighted by Crippen LogP contribution is -1.95. The van der Waals surface area contributed by atoms with E-state index in [-0.39, 0.29) is 0 Å². The van der Waals surface area contributed by atoms with Crippen LogP contribution in [0, 0.1) is 0 Å². The molecule has 0 saturated carbocycles. The summed E-state index contributed by atoms with van der Waals surface area (Å²) < 4.78 is 4.90. The Morgan fingerprint density at radius 2 is 0.700 bits per heavy atom. The molecule has 2 aromatic heterocycles. The summed E-state index contributed by atoms with van der Waals surface area (Å²) in [7, 11) is 0. The van der Waals surface area contributed by atoms with E-state index in [0.717, 1.165) is 17.8 Å². The SMILES string of the molecule is CCCCc1ccc(-c2ccc(-c3cccc(-n4c5ccccc5c5c6c7ccccc7n(-c7cccc(-c8ccc(-c9ccccc9)cc8)c7)c6ccc54)c3)cc2)cc1. The van der Waals surface area contributed by atoms with Gasteiger partial charge in [0.2, 0.25) is 0 Å². The van der Waals surface area contributed by atoms with Gasteiger partial charge < -0.3 is 9.13 Å². The maximum atomic E-state index is 2.45. The molecule has 0 unspecified atom stereocenters. The fourth-order valence-corrected chi connectivity index (χ4v) is 9.31. The highest BCUT2D eigenvalue weighted by molar-refractivity contribution is 6.29. The van der Waals surface area contributed by atoms with Crippen LogP contribution in [0.3, 0.4) is 0 Å². The first-order chi connectivity index (χ1) is 29.7. The molecule has 0 aliphatic heterocycles. The second-order valence-electron chi connectivity index (χ2n) is 16.0. The molecule has 0 atom stereocenters. The number of rotatable bonds is 9. The lowest BCUT2D eigenvalue weighted by atomic mass is 9.98. The molecule has 286 valence electrons. The lowest BCUT2D eigenvalue weighted by molar-refractivity contribution is 0.795. The Morgan fingerprint density at radius 1 is 0.317 bits per heavy atom. The second-order valence-corrected chi connectivity index (χ2v) is 16.0. The molecule has 0 fully saturated rings. The minimum Gasteiger partial charge on any atom is -0.309 e. The number of fused-ring (bicyclic) bond motifs is 7. The molecule has 0 bridgehead atoms. The second kappa shape index (κ2) is 15.1. The smallest absolute Gasteiger partial charge is 0.0548 e. The third kappa shape index (κ3) is 6.20. The summed E-state index contributed by atoms with van der Waals surface area (Å²) in [4.78, 5) is 0. The average Bonchev–Trinajstić information content (AvgIpc) is 3.84. The fraction of sp³-hybridized carbons (Fsp3) is 0.0690. The van der Waals surface area contributed by atoms with E-state index in [2.05, 4.69) is 228 Å². The Kier molecular flexibility index (Phi) is 8.97. The van der Waals surface area contributed by atoms with Gasteiger partial charge in [-0.05, 0) is 111 Å². The molecule has 11 aromatic rings. The van der Waals surface area contributed by atoms with Crippen LogP contribution in [-0.2, 0) is 6.42 Å². The van der Waals surface area contributed by atoms with Crippen LogP contribution in [0.25, 0.3) is 99.5 Å².